The monoisotopic (exact) mass is 458 g/mol. The Bertz CT molecular complexity index is 629. The fourth-order valence-electron chi connectivity index (χ4n) is 2.09. The zero-order chi connectivity index (χ0) is 17.2. The fraction of sp³-hybridized carbons (Fsp3) is 0.444. The van der Waals surface area contributed by atoms with Crippen LogP contribution < -0.4 is 10.6 Å². The molecular formula is C18H27IN4O2. The van der Waals surface area contributed by atoms with Gasteiger partial charge in [-0.05, 0) is 32.4 Å². The Morgan fingerprint density at radius 3 is 2.68 bits per heavy atom. The highest BCUT2D eigenvalue weighted by molar-refractivity contribution is 14.0. The molecule has 0 unspecified atom stereocenters. The maximum Gasteiger partial charge on any atom is 0.226 e. The molecule has 0 aliphatic carbocycles. The number of hydrogen-bond acceptors (Lipinski definition) is 4. The van der Waals surface area contributed by atoms with Crippen molar-refractivity contribution in [1.82, 2.24) is 15.6 Å². The van der Waals surface area contributed by atoms with Crippen LogP contribution in [0.3, 0.4) is 0 Å². The molecule has 0 aliphatic heterocycles. The average molecular weight is 458 g/mol. The Morgan fingerprint density at radius 2 is 2.00 bits per heavy atom. The number of nitrogens with zero attached hydrogens (tertiary/aromatic N) is 2. The molecule has 0 saturated carbocycles. The van der Waals surface area contributed by atoms with Crippen molar-refractivity contribution in [3.63, 3.8) is 0 Å². The molecule has 0 atom stereocenters. The lowest BCUT2D eigenvalue weighted by Crippen LogP contribution is -2.37. The van der Waals surface area contributed by atoms with Gasteiger partial charge in [0.25, 0.3) is 0 Å². The zero-order valence-corrected chi connectivity index (χ0v) is 17.3. The van der Waals surface area contributed by atoms with Gasteiger partial charge < -0.3 is 19.8 Å². The van der Waals surface area contributed by atoms with Gasteiger partial charge in [-0.1, -0.05) is 18.2 Å². The summed E-state index contributed by atoms with van der Waals surface area (Å²) in [6.07, 6.45) is 2.87. The van der Waals surface area contributed by atoms with E-state index in [1.807, 2.05) is 44.2 Å². The second-order valence-corrected chi connectivity index (χ2v) is 5.64. The van der Waals surface area contributed by atoms with Gasteiger partial charge in [0.15, 0.2) is 5.96 Å². The van der Waals surface area contributed by atoms with E-state index < -0.39 is 0 Å². The third kappa shape index (κ3) is 7.87. The van der Waals surface area contributed by atoms with Gasteiger partial charge in [0.1, 0.15) is 6.26 Å². The first-order valence-electron chi connectivity index (χ1n) is 8.25. The lowest BCUT2D eigenvalue weighted by Gasteiger charge is -2.11. The third-order valence-corrected chi connectivity index (χ3v) is 3.30. The van der Waals surface area contributed by atoms with Crippen LogP contribution in [0.2, 0.25) is 0 Å². The highest BCUT2D eigenvalue weighted by Crippen LogP contribution is 2.17. The van der Waals surface area contributed by atoms with Crippen molar-refractivity contribution in [2.45, 2.75) is 32.9 Å². The summed E-state index contributed by atoms with van der Waals surface area (Å²) in [6, 6.07) is 9.85. The smallest absolute Gasteiger partial charge is 0.226 e. The number of ether oxygens (including phenoxy) is 1. The van der Waals surface area contributed by atoms with Crippen molar-refractivity contribution in [3.8, 4) is 11.5 Å². The summed E-state index contributed by atoms with van der Waals surface area (Å²) in [4.78, 5) is 8.68. The zero-order valence-electron chi connectivity index (χ0n) is 15.0. The Hall–Kier alpha value is -1.61. The SMILES string of the molecule is CN=C(NCCCOC(C)C)NCc1coc(-c2ccccc2)n1.I. The van der Waals surface area contributed by atoms with Crippen LogP contribution in [0.1, 0.15) is 26.0 Å². The molecule has 2 N–H and O–H groups in total. The minimum absolute atomic E-state index is 0. The van der Waals surface area contributed by atoms with Crippen LogP contribution in [-0.4, -0.2) is 37.2 Å². The molecular weight excluding hydrogens is 431 g/mol. The Kier molecular flexibility index (Phi) is 10.2. The molecule has 0 spiro atoms. The predicted molar refractivity (Wildman–Crippen MR) is 111 cm³/mol. The second-order valence-electron chi connectivity index (χ2n) is 5.64. The van der Waals surface area contributed by atoms with Crippen molar-refractivity contribution < 1.29 is 9.15 Å². The van der Waals surface area contributed by atoms with E-state index in [1.165, 1.54) is 0 Å². The van der Waals surface area contributed by atoms with Gasteiger partial charge in [-0.25, -0.2) is 4.98 Å². The van der Waals surface area contributed by atoms with Crippen LogP contribution in [0.5, 0.6) is 0 Å². The van der Waals surface area contributed by atoms with Gasteiger partial charge in [-0.2, -0.15) is 0 Å². The molecule has 0 fully saturated rings. The van der Waals surface area contributed by atoms with Gasteiger partial charge in [0, 0.05) is 25.8 Å². The molecule has 0 saturated heterocycles. The van der Waals surface area contributed by atoms with Crippen LogP contribution in [-0.2, 0) is 11.3 Å². The number of benzene rings is 1. The van der Waals surface area contributed by atoms with Crippen molar-refractivity contribution >= 4 is 29.9 Å². The minimum atomic E-state index is 0. The first-order chi connectivity index (χ1) is 11.7. The number of rotatable bonds is 8. The van der Waals surface area contributed by atoms with E-state index in [9.17, 15) is 0 Å². The topological polar surface area (TPSA) is 71.7 Å². The van der Waals surface area contributed by atoms with E-state index in [0.717, 1.165) is 36.8 Å². The lowest BCUT2D eigenvalue weighted by atomic mass is 10.2. The highest BCUT2D eigenvalue weighted by atomic mass is 127. The number of guanidine groups is 1. The summed E-state index contributed by atoms with van der Waals surface area (Å²) >= 11 is 0. The molecule has 1 aromatic heterocycles. The summed E-state index contributed by atoms with van der Waals surface area (Å²) in [5.74, 6) is 1.37. The van der Waals surface area contributed by atoms with Crippen molar-refractivity contribution in [3.05, 3.63) is 42.3 Å². The standard InChI is InChI=1S/C18H26N4O2.HI/c1-14(2)23-11-7-10-20-18(19-3)21-12-16-13-24-17(22-16)15-8-5-4-6-9-15;/h4-6,8-9,13-14H,7,10-12H2,1-3H3,(H2,19,20,21);1H. The quantitative estimate of drug-likeness (QED) is 0.275. The molecule has 0 amide bonds. The van der Waals surface area contributed by atoms with E-state index in [0.29, 0.717) is 12.4 Å². The number of oxazole rings is 1. The number of halogens is 1. The average Bonchev–Trinajstić information content (AvgIpc) is 3.07. The van der Waals surface area contributed by atoms with Crippen molar-refractivity contribution in [1.29, 1.82) is 0 Å². The van der Waals surface area contributed by atoms with Gasteiger partial charge in [-0.3, -0.25) is 4.99 Å². The molecule has 2 aromatic rings. The molecule has 2 rings (SSSR count). The van der Waals surface area contributed by atoms with Crippen LogP contribution in [0.25, 0.3) is 11.5 Å². The Morgan fingerprint density at radius 1 is 1.24 bits per heavy atom. The Balaban J connectivity index is 0.00000312. The molecule has 0 radical (unpaired) electrons. The van der Waals surface area contributed by atoms with E-state index in [-0.39, 0.29) is 30.1 Å². The molecule has 1 heterocycles. The number of aromatic nitrogens is 1. The van der Waals surface area contributed by atoms with E-state index >= 15 is 0 Å². The maximum absolute atomic E-state index is 5.52. The van der Waals surface area contributed by atoms with Crippen LogP contribution in [0, 0.1) is 0 Å². The number of nitrogens with one attached hydrogen (secondary N) is 2. The van der Waals surface area contributed by atoms with Gasteiger partial charge in [0.2, 0.25) is 5.89 Å². The van der Waals surface area contributed by atoms with E-state index in [1.54, 1.807) is 13.3 Å². The summed E-state index contributed by atoms with van der Waals surface area (Å²) < 4.78 is 11.0. The summed E-state index contributed by atoms with van der Waals surface area (Å²) in [7, 11) is 1.75. The van der Waals surface area contributed by atoms with Gasteiger partial charge in [-0.15, -0.1) is 24.0 Å². The maximum atomic E-state index is 5.52. The fourth-order valence-corrected chi connectivity index (χ4v) is 2.09. The second kappa shape index (κ2) is 11.9. The first-order valence-corrected chi connectivity index (χ1v) is 8.25. The molecule has 0 aliphatic rings. The van der Waals surface area contributed by atoms with Crippen molar-refractivity contribution in [2.75, 3.05) is 20.2 Å². The van der Waals surface area contributed by atoms with E-state index in [4.69, 9.17) is 9.15 Å². The van der Waals surface area contributed by atoms with Crippen LogP contribution >= 0.6 is 24.0 Å². The van der Waals surface area contributed by atoms with Crippen LogP contribution in [0.15, 0.2) is 46.0 Å². The third-order valence-electron chi connectivity index (χ3n) is 3.30. The number of hydrogen-bond donors (Lipinski definition) is 2. The molecule has 138 valence electrons. The summed E-state index contributed by atoms with van der Waals surface area (Å²) in [5, 5.41) is 6.48. The normalized spacial score (nSPS) is 11.3. The van der Waals surface area contributed by atoms with E-state index in [2.05, 4.69) is 20.6 Å². The molecule has 0 bridgehead atoms. The lowest BCUT2D eigenvalue weighted by molar-refractivity contribution is 0.0776. The number of aliphatic imine (C=N–C) groups is 1. The molecule has 1 aromatic carbocycles. The summed E-state index contributed by atoms with van der Waals surface area (Å²) in [5.41, 5.74) is 1.80. The molecule has 25 heavy (non-hydrogen) atoms. The highest BCUT2D eigenvalue weighted by Gasteiger charge is 2.06. The Labute approximate surface area is 166 Å². The molecule has 7 heteroatoms. The van der Waals surface area contributed by atoms with Gasteiger partial charge in [0.05, 0.1) is 18.3 Å². The molecule has 6 nitrogen and oxygen atoms in total. The van der Waals surface area contributed by atoms with Crippen LogP contribution in [0.4, 0.5) is 0 Å². The summed E-state index contributed by atoms with van der Waals surface area (Å²) in [6.45, 7) is 6.18. The predicted octanol–water partition coefficient (Wildman–Crippen LogP) is 3.44. The largest absolute Gasteiger partial charge is 0.444 e. The van der Waals surface area contributed by atoms with Gasteiger partial charge >= 0.3 is 0 Å². The first kappa shape index (κ1) is 21.4. The van der Waals surface area contributed by atoms with Crippen molar-refractivity contribution in [2.24, 2.45) is 4.99 Å². The minimum Gasteiger partial charge on any atom is -0.444 e.